The summed E-state index contributed by atoms with van der Waals surface area (Å²) in [7, 11) is 1.62. The van der Waals surface area contributed by atoms with E-state index in [0.717, 1.165) is 30.0 Å². The zero-order valence-corrected chi connectivity index (χ0v) is 17.4. The molecule has 148 valence electrons. The molecule has 0 saturated carbocycles. The summed E-state index contributed by atoms with van der Waals surface area (Å²) in [6.07, 6.45) is 1.89. The van der Waals surface area contributed by atoms with Crippen molar-refractivity contribution in [3.8, 4) is 17.1 Å². The van der Waals surface area contributed by atoms with Crippen molar-refractivity contribution in [2.24, 2.45) is 0 Å². The van der Waals surface area contributed by atoms with Gasteiger partial charge in [-0.2, -0.15) is 9.50 Å². The first-order chi connectivity index (χ1) is 14.1. The second-order valence-electron chi connectivity index (χ2n) is 6.54. The van der Waals surface area contributed by atoms with Crippen molar-refractivity contribution in [2.45, 2.75) is 13.8 Å². The number of methoxy groups -OCH3 is 1. The van der Waals surface area contributed by atoms with Gasteiger partial charge in [-0.15, -0.1) is 5.10 Å². The second kappa shape index (κ2) is 8.05. The normalized spacial score (nSPS) is 11.9. The van der Waals surface area contributed by atoms with E-state index < -0.39 is 0 Å². The van der Waals surface area contributed by atoms with Gasteiger partial charge in [0.2, 0.25) is 4.96 Å². The van der Waals surface area contributed by atoms with Gasteiger partial charge in [0, 0.05) is 24.3 Å². The van der Waals surface area contributed by atoms with Crippen LogP contribution in [0, 0.1) is 0 Å². The first kappa shape index (κ1) is 19.1. The molecule has 6 nitrogen and oxygen atoms in total. The molecule has 0 aliphatic rings. The van der Waals surface area contributed by atoms with Gasteiger partial charge in [-0.25, -0.2) is 0 Å². The van der Waals surface area contributed by atoms with Crippen LogP contribution in [0.3, 0.4) is 0 Å². The Morgan fingerprint density at radius 2 is 1.76 bits per heavy atom. The molecular formula is C22H22N4O2S. The van der Waals surface area contributed by atoms with Crippen molar-refractivity contribution in [3.63, 3.8) is 0 Å². The molecule has 0 atom stereocenters. The van der Waals surface area contributed by atoms with Crippen LogP contribution in [0.15, 0.2) is 53.3 Å². The second-order valence-corrected chi connectivity index (χ2v) is 7.55. The van der Waals surface area contributed by atoms with Crippen LogP contribution >= 0.6 is 11.3 Å². The van der Waals surface area contributed by atoms with Gasteiger partial charge in [-0.1, -0.05) is 23.5 Å². The Morgan fingerprint density at radius 3 is 2.34 bits per heavy atom. The van der Waals surface area contributed by atoms with Gasteiger partial charge in [0.25, 0.3) is 5.56 Å². The average molecular weight is 407 g/mol. The van der Waals surface area contributed by atoms with E-state index in [0.29, 0.717) is 15.3 Å². The van der Waals surface area contributed by atoms with Crippen molar-refractivity contribution in [3.05, 3.63) is 69.0 Å². The van der Waals surface area contributed by atoms with E-state index in [1.54, 1.807) is 7.11 Å². The summed E-state index contributed by atoms with van der Waals surface area (Å²) >= 11 is 1.35. The van der Waals surface area contributed by atoms with Gasteiger partial charge in [-0.3, -0.25) is 4.79 Å². The van der Waals surface area contributed by atoms with Crippen molar-refractivity contribution >= 4 is 28.1 Å². The molecule has 2 aromatic carbocycles. The maximum atomic E-state index is 12.8. The minimum atomic E-state index is -0.148. The molecule has 29 heavy (non-hydrogen) atoms. The topological polar surface area (TPSA) is 59.7 Å². The van der Waals surface area contributed by atoms with Crippen LogP contribution in [0.5, 0.6) is 5.75 Å². The van der Waals surface area contributed by atoms with Crippen molar-refractivity contribution in [1.29, 1.82) is 0 Å². The predicted molar refractivity (Wildman–Crippen MR) is 118 cm³/mol. The monoisotopic (exact) mass is 406 g/mol. The van der Waals surface area contributed by atoms with E-state index in [9.17, 15) is 4.79 Å². The Balaban J connectivity index is 1.66. The van der Waals surface area contributed by atoms with Gasteiger partial charge in [0.1, 0.15) is 5.75 Å². The molecule has 2 aromatic heterocycles. The first-order valence-corrected chi connectivity index (χ1v) is 10.3. The molecule has 2 heterocycles. The zero-order chi connectivity index (χ0) is 20.4. The molecule has 0 saturated heterocycles. The van der Waals surface area contributed by atoms with Gasteiger partial charge < -0.3 is 9.64 Å². The molecule has 0 spiro atoms. The molecule has 0 unspecified atom stereocenters. The van der Waals surface area contributed by atoms with E-state index >= 15 is 0 Å². The molecular weight excluding hydrogens is 384 g/mol. The highest BCUT2D eigenvalue weighted by atomic mass is 32.1. The van der Waals surface area contributed by atoms with Crippen LogP contribution in [0.1, 0.15) is 19.4 Å². The third-order valence-corrected chi connectivity index (χ3v) is 5.81. The van der Waals surface area contributed by atoms with Crippen LogP contribution in [-0.4, -0.2) is 34.8 Å². The summed E-state index contributed by atoms with van der Waals surface area (Å²) in [5, 5.41) is 4.40. The van der Waals surface area contributed by atoms with Gasteiger partial charge >= 0.3 is 0 Å². The largest absolute Gasteiger partial charge is 0.497 e. The smallest absolute Gasteiger partial charge is 0.291 e. The molecule has 4 rings (SSSR count). The standard InChI is InChI=1S/C22H22N4O2S/c1-4-25(5-2)17-10-6-15(7-11-17)14-19-21(27)26-22(29-19)23-20(24-26)16-8-12-18(28-3)13-9-16/h6-14H,4-5H2,1-3H3/b19-14-. The van der Waals surface area contributed by atoms with E-state index in [2.05, 4.69) is 41.0 Å². The minimum absolute atomic E-state index is 0.148. The number of thiazole rings is 1. The van der Waals surface area contributed by atoms with Gasteiger partial charge in [0.05, 0.1) is 11.6 Å². The fourth-order valence-electron chi connectivity index (χ4n) is 3.22. The molecule has 0 bridgehead atoms. The zero-order valence-electron chi connectivity index (χ0n) is 16.6. The number of anilines is 1. The molecule has 0 aliphatic carbocycles. The summed E-state index contributed by atoms with van der Waals surface area (Å²) in [4.78, 5) is 20.2. The molecule has 7 heteroatoms. The fraction of sp³-hybridized carbons (Fsp3) is 0.227. The maximum Gasteiger partial charge on any atom is 0.291 e. The van der Waals surface area contributed by atoms with Crippen molar-refractivity contribution in [1.82, 2.24) is 14.6 Å². The van der Waals surface area contributed by atoms with Crippen LogP contribution < -0.4 is 19.7 Å². The Labute approximate surface area is 172 Å². The summed E-state index contributed by atoms with van der Waals surface area (Å²) in [5.41, 5.74) is 2.86. The molecule has 0 amide bonds. The van der Waals surface area contributed by atoms with E-state index in [1.165, 1.54) is 21.5 Å². The number of hydrogen-bond acceptors (Lipinski definition) is 6. The van der Waals surface area contributed by atoms with Crippen LogP contribution in [0.4, 0.5) is 5.69 Å². The number of nitrogens with zero attached hydrogens (tertiary/aromatic N) is 4. The quantitative estimate of drug-likeness (QED) is 0.492. The molecule has 0 radical (unpaired) electrons. The van der Waals surface area contributed by atoms with E-state index in [1.807, 2.05) is 42.5 Å². The molecule has 4 aromatic rings. The lowest BCUT2D eigenvalue weighted by Crippen LogP contribution is -2.23. The summed E-state index contributed by atoms with van der Waals surface area (Å²) in [5.74, 6) is 1.30. The van der Waals surface area contributed by atoms with Crippen molar-refractivity contribution < 1.29 is 4.74 Å². The third kappa shape index (κ3) is 3.73. The predicted octanol–water partition coefficient (Wildman–Crippen LogP) is 3.22. The summed E-state index contributed by atoms with van der Waals surface area (Å²) in [6.45, 7) is 6.22. The average Bonchev–Trinajstić information content (AvgIpc) is 3.30. The van der Waals surface area contributed by atoms with Crippen LogP contribution in [0.25, 0.3) is 22.4 Å². The molecule has 0 N–H and O–H groups in total. The number of benzene rings is 2. The first-order valence-electron chi connectivity index (χ1n) is 9.53. The molecule has 0 fully saturated rings. The lowest BCUT2D eigenvalue weighted by Gasteiger charge is -2.20. The Kier molecular flexibility index (Phi) is 5.31. The van der Waals surface area contributed by atoms with Gasteiger partial charge in [-0.05, 0) is 61.9 Å². The number of rotatable bonds is 6. The summed E-state index contributed by atoms with van der Waals surface area (Å²) < 4.78 is 7.17. The lowest BCUT2D eigenvalue weighted by molar-refractivity contribution is 0.415. The van der Waals surface area contributed by atoms with Crippen molar-refractivity contribution in [2.75, 3.05) is 25.1 Å². The number of hydrogen-bond donors (Lipinski definition) is 0. The number of fused-ring (bicyclic) bond motifs is 1. The van der Waals surface area contributed by atoms with Crippen LogP contribution in [0.2, 0.25) is 0 Å². The summed E-state index contributed by atoms with van der Waals surface area (Å²) in [6, 6.07) is 15.7. The Hall–Kier alpha value is -3.19. The Bertz CT molecular complexity index is 1220. The van der Waals surface area contributed by atoms with Gasteiger partial charge in [0.15, 0.2) is 5.82 Å². The highest BCUT2D eigenvalue weighted by Crippen LogP contribution is 2.20. The minimum Gasteiger partial charge on any atom is -0.497 e. The van der Waals surface area contributed by atoms with Crippen LogP contribution in [-0.2, 0) is 0 Å². The fourth-order valence-corrected chi connectivity index (χ4v) is 4.13. The maximum absolute atomic E-state index is 12.8. The number of ether oxygens (including phenoxy) is 1. The highest BCUT2D eigenvalue weighted by molar-refractivity contribution is 7.15. The Morgan fingerprint density at radius 1 is 1.07 bits per heavy atom. The lowest BCUT2D eigenvalue weighted by atomic mass is 10.2. The van der Waals surface area contributed by atoms with E-state index in [4.69, 9.17) is 4.74 Å². The third-order valence-electron chi connectivity index (χ3n) is 4.85. The van der Waals surface area contributed by atoms with E-state index in [-0.39, 0.29) is 5.56 Å². The SMILES string of the molecule is CCN(CC)c1ccc(/C=c2\sc3nc(-c4ccc(OC)cc4)nn3c2=O)cc1. The number of aromatic nitrogens is 3. The highest BCUT2D eigenvalue weighted by Gasteiger charge is 2.12. The molecule has 0 aliphatic heterocycles.